The van der Waals surface area contributed by atoms with E-state index in [1.165, 1.54) is 16.9 Å². The number of thiazole rings is 1. The topological polar surface area (TPSA) is 83.3 Å². The molecule has 2 N–H and O–H groups in total. The SMILES string of the molecule is N=c1sccn1CCOC1C=CC(C2c3[nH]c4ccc(Cl)cc4c3CCN2C(=O)Oc2ccc(Cl)cc2)=CC1. The zero-order valence-electron chi connectivity index (χ0n) is 20.9. The van der Waals surface area contributed by atoms with Crippen LogP contribution in [0.25, 0.3) is 10.9 Å². The molecule has 2 aromatic heterocycles. The Hall–Kier alpha value is -3.30. The van der Waals surface area contributed by atoms with Crippen molar-refractivity contribution < 1.29 is 14.3 Å². The van der Waals surface area contributed by atoms with Crippen LogP contribution < -0.4 is 9.54 Å². The summed E-state index contributed by atoms with van der Waals surface area (Å²) < 4.78 is 13.7. The van der Waals surface area contributed by atoms with E-state index in [1.54, 1.807) is 29.2 Å². The fraction of sp³-hybridized carbons (Fsp3) is 0.241. The molecule has 2 aromatic carbocycles. The van der Waals surface area contributed by atoms with Gasteiger partial charge in [-0.25, -0.2) is 4.79 Å². The highest BCUT2D eigenvalue weighted by Gasteiger charge is 2.37. The van der Waals surface area contributed by atoms with Crippen LogP contribution in [0.15, 0.2) is 77.8 Å². The second kappa shape index (κ2) is 11.1. The van der Waals surface area contributed by atoms with Gasteiger partial charge in [0.2, 0.25) is 0 Å². The molecule has 1 aliphatic heterocycles. The molecule has 0 radical (unpaired) electrons. The maximum Gasteiger partial charge on any atom is 0.416 e. The minimum Gasteiger partial charge on any atom is -0.410 e. The second-order valence-electron chi connectivity index (χ2n) is 9.48. The largest absolute Gasteiger partial charge is 0.416 e. The average molecular weight is 582 g/mol. The molecule has 3 heterocycles. The quantitative estimate of drug-likeness (QED) is 0.260. The van der Waals surface area contributed by atoms with Gasteiger partial charge in [0, 0.05) is 51.3 Å². The van der Waals surface area contributed by atoms with Crippen LogP contribution in [0.1, 0.15) is 23.7 Å². The lowest BCUT2D eigenvalue weighted by atomic mass is 9.89. The van der Waals surface area contributed by atoms with Gasteiger partial charge in [-0.15, -0.1) is 11.3 Å². The lowest BCUT2D eigenvalue weighted by molar-refractivity contribution is 0.0789. The van der Waals surface area contributed by atoms with Crippen LogP contribution in [0.2, 0.25) is 10.0 Å². The van der Waals surface area contributed by atoms with Gasteiger partial charge in [-0.1, -0.05) is 41.4 Å². The first-order valence-electron chi connectivity index (χ1n) is 12.7. The third-order valence-corrected chi connectivity index (χ3v) is 8.30. The molecule has 4 aromatic rings. The van der Waals surface area contributed by atoms with Crippen molar-refractivity contribution in [2.45, 2.75) is 31.5 Å². The first-order chi connectivity index (χ1) is 19.0. The van der Waals surface area contributed by atoms with Crippen molar-refractivity contribution in [1.82, 2.24) is 14.5 Å². The Morgan fingerprint density at radius 1 is 1.15 bits per heavy atom. The zero-order valence-corrected chi connectivity index (χ0v) is 23.2. The van der Waals surface area contributed by atoms with E-state index in [4.69, 9.17) is 38.1 Å². The molecule has 2 aliphatic rings. The van der Waals surface area contributed by atoms with Gasteiger partial charge >= 0.3 is 6.09 Å². The summed E-state index contributed by atoms with van der Waals surface area (Å²) in [5, 5.41) is 12.1. The molecular formula is C29H26Cl2N4O3S. The molecule has 2 atom stereocenters. The van der Waals surface area contributed by atoms with Crippen LogP contribution in [-0.4, -0.2) is 39.8 Å². The molecule has 1 aliphatic carbocycles. The van der Waals surface area contributed by atoms with E-state index in [1.807, 2.05) is 46.5 Å². The molecule has 10 heteroatoms. The maximum absolute atomic E-state index is 13.5. The Morgan fingerprint density at radius 2 is 1.97 bits per heavy atom. The third-order valence-electron chi connectivity index (χ3n) is 7.09. The molecule has 0 spiro atoms. The summed E-state index contributed by atoms with van der Waals surface area (Å²) in [4.78, 5) is 19.3. The molecule has 2 unspecified atom stereocenters. The van der Waals surface area contributed by atoms with E-state index in [0.29, 0.717) is 53.1 Å². The smallest absolute Gasteiger partial charge is 0.410 e. The van der Waals surface area contributed by atoms with Crippen molar-refractivity contribution in [2.75, 3.05) is 13.2 Å². The number of carbonyl (C=O) groups is 1. The Bertz CT molecular complexity index is 1640. The van der Waals surface area contributed by atoms with Crippen LogP contribution in [0.3, 0.4) is 0 Å². The third kappa shape index (κ3) is 5.43. The van der Waals surface area contributed by atoms with Crippen molar-refractivity contribution in [3.63, 3.8) is 0 Å². The normalized spacial score (nSPS) is 18.7. The highest BCUT2D eigenvalue weighted by atomic mass is 35.5. The van der Waals surface area contributed by atoms with E-state index in [2.05, 4.69) is 11.1 Å². The van der Waals surface area contributed by atoms with Gasteiger partial charge < -0.3 is 19.0 Å². The molecule has 200 valence electrons. The Kier molecular flexibility index (Phi) is 7.36. The van der Waals surface area contributed by atoms with Crippen molar-refractivity contribution in [2.24, 2.45) is 0 Å². The van der Waals surface area contributed by atoms with E-state index >= 15 is 0 Å². The maximum atomic E-state index is 13.5. The number of hydrogen-bond donors (Lipinski definition) is 2. The summed E-state index contributed by atoms with van der Waals surface area (Å²) >= 11 is 13.7. The number of nitrogens with one attached hydrogen (secondary N) is 2. The molecular weight excluding hydrogens is 555 g/mol. The summed E-state index contributed by atoms with van der Waals surface area (Å²) in [6, 6.07) is 12.3. The fourth-order valence-corrected chi connectivity index (χ4v) is 6.11. The van der Waals surface area contributed by atoms with E-state index in [0.717, 1.165) is 22.2 Å². The average Bonchev–Trinajstić information content (AvgIpc) is 3.52. The Morgan fingerprint density at radius 3 is 2.72 bits per heavy atom. The second-order valence-corrected chi connectivity index (χ2v) is 11.3. The van der Waals surface area contributed by atoms with Gasteiger partial charge in [0.25, 0.3) is 0 Å². The number of hydrogen-bond acceptors (Lipinski definition) is 5. The van der Waals surface area contributed by atoms with E-state index in [9.17, 15) is 4.79 Å². The highest BCUT2D eigenvalue weighted by molar-refractivity contribution is 7.06. The molecule has 7 nitrogen and oxygen atoms in total. The van der Waals surface area contributed by atoms with Crippen molar-refractivity contribution in [1.29, 1.82) is 5.41 Å². The number of carbonyl (C=O) groups excluding carboxylic acids is 1. The Labute approximate surface area is 239 Å². The number of ether oxygens (including phenoxy) is 2. The van der Waals surface area contributed by atoms with Gasteiger partial charge in [0.15, 0.2) is 4.80 Å². The Balaban J connectivity index is 1.25. The van der Waals surface area contributed by atoms with Crippen LogP contribution in [0.4, 0.5) is 4.79 Å². The van der Waals surface area contributed by atoms with Crippen LogP contribution in [0.5, 0.6) is 5.75 Å². The molecule has 6 rings (SSSR count). The number of benzene rings is 2. The van der Waals surface area contributed by atoms with Gasteiger partial charge in [-0.3, -0.25) is 10.3 Å². The van der Waals surface area contributed by atoms with Gasteiger partial charge in [-0.05, 0) is 66.4 Å². The molecule has 0 saturated heterocycles. The highest BCUT2D eigenvalue weighted by Crippen LogP contribution is 2.41. The monoisotopic (exact) mass is 580 g/mol. The molecule has 1 amide bonds. The lowest BCUT2D eigenvalue weighted by Crippen LogP contribution is -2.42. The van der Waals surface area contributed by atoms with Crippen LogP contribution in [0, 0.1) is 5.41 Å². The van der Waals surface area contributed by atoms with E-state index in [-0.39, 0.29) is 12.1 Å². The summed E-state index contributed by atoms with van der Waals surface area (Å²) in [5.41, 5.74) is 4.13. The predicted molar refractivity (Wildman–Crippen MR) is 154 cm³/mol. The number of nitrogens with zero attached hydrogens (tertiary/aromatic N) is 2. The number of aromatic amines is 1. The van der Waals surface area contributed by atoms with Gasteiger partial charge in [0.1, 0.15) is 11.8 Å². The summed E-state index contributed by atoms with van der Waals surface area (Å²) in [6.45, 7) is 1.65. The molecule has 0 fully saturated rings. The molecule has 0 bridgehead atoms. The van der Waals surface area contributed by atoms with E-state index < -0.39 is 6.09 Å². The first-order valence-corrected chi connectivity index (χ1v) is 14.3. The van der Waals surface area contributed by atoms with Crippen LogP contribution in [-0.2, 0) is 17.7 Å². The minimum absolute atomic E-state index is 0.0683. The van der Waals surface area contributed by atoms with Crippen molar-refractivity contribution in [3.8, 4) is 5.75 Å². The van der Waals surface area contributed by atoms with Crippen molar-refractivity contribution >= 4 is 51.5 Å². The number of H-pyrrole nitrogens is 1. The lowest BCUT2D eigenvalue weighted by Gasteiger charge is -2.36. The van der Waals surface area contributed by atoms with Gasteiger partial charge in [0.05, 0.1) is 12.7 Å². The molecule has 39 heavy (non-hydrogen) atoms. The number of amides is 1. The van der Waals surface area contributed by atoms with Crippen LogP contribution >= 0.6 is 34.5 Å². The standard InChI is InChI=1S/C29H26Cl2N4O3S/c30-19-3-8-22(9-4-19)38-29(36)35-12-11-23-24-17-20(31)5-10-25(24)33-26(23)27(35)18-1-6-21(7-2-18)37-15-13-34-14-16-39-28(34)32/h1-6,8-10,14,16-17,21,27,32-33H,7,11-13,15H2. The van der Waals surface area contributed by atoms with Crippen molar-refractivity contribution in [3.05, 3.63) is 104 Å². The van der Waals surface area contributed by atoms with Gasteiger partial charge in [-0.2, -0.15) is 0 Å². The summed E-state index contributed by atoms with van der Waals surface area (Å²) in [5.74, 6) is 0.443. The zero-order chi connectivity index (χ0) is 26.9. The number of rotatable bonds is 6. The summed E-state index contributed by atoms with van der Waals surface area (Å²) in [6.07, 6.45) is 9.01. The number of halogens is 2. The molecule has 0 saturated carbocycles. The predicted octanol–water partition coefficient (Wildman–Crippen LogP) is 6.89. The first kappa shape index (κ1) is 26.0. The fourth-order valence-electron chi connectivity index (χ4n) is 5.19. The minimum atomic E-state index is -0.420. The number of aromatic nitrogens is 2. The summed E-state index contributed by atoms with van der Waals surface area (Å²) in [7, 11) is 0. The number of fused-ring (bicyclic) bond motifs is 3.